The first-order valence-electron chi connectivity index (χ1n) is 8.86. The van der Waals surface area contributed by atoms with Gasteiger partial charge in [-0.05, 0) is 43.2 Å². The second-order valence-corrected chi connectivity index (χ2v) is 6.66. The molecule has 0 bridgehead atoms. The number of rotatable bonds is 3. The van der Waals surface area contributed by atoms with Gasteiger partial charge in [-0.2, -0.15) is 4.98 Å². The fourth-order valence-corrected chi connectivity index (χ4v) is 3.33. The molecule has 1 aliphatic rings. The molecule has 2 heterocycles. The van der Waals surface area contributed by atoms with Crippen LogP contribution in [0, 0.1) is 17.5 Å². The minimum absolute atomic E-state index is 0.0807. The van der Waals surface area contributed by atoms with Crippen molar-refractivity contribution in [1.29, 1.82) is 0 Å². The van der Waals surface area contributed by atoms with Crippen LogP contribution in [0.5, 0.6) is 0 Å². The maximum absolute atomic E-state index is 13.9. The Balaban J connectivity index is 1.52. The van der Waals surface area contributed by atoms with Crippen LogP contribution in [-0.4, -0.2) is 34.0 Å². The molecular weight excluding hydrogens is 371 g/mol. The lowest BCUT2D eigenvalue weighted by Crippen LogP contribution is -2.39. The SMILES string of the molecule is O=C(c1ccc(F)c(F)c1)N1CCCC(c2nc(-c3ccccc3F)no2)C1. The van der Waals surface area contributed by atoms with Gasteiger partial charge < -0.3 is 9.42 Å². The summed E-state index contributed by atoms with van der Waals surface area (Å²) in [5, 5.41) is 3.85. The Morgan fingerprint density at radius 2 is 1.89 bits per heavy atom. The zero-order chi connectivity index (χ0) is 19.7. The average molecular weight is 387 g/mol. The van der Waals surface area contributed by atoms with Crippen molar-refractivity contribution in [2.45, 2.75) is 18.8 Å². The molecule has 1 aromatic heterocycles. The molecule has 0 aliphatic carbocycles. The van der Waals surface area contributed by atoms with Crippen molar-refractivity contribution in [3.63, 3.8) is 0 Å². The molecule has 0 N–H and O–H groups in total. The van der Waals surface area contributed by atoms with Crippen LogP contribution >= 0.6 is 0 Å². The van der Waals surface area contributed by atoms with Gasteiger partial charge in [0, 0.05) is 18.7 Å². The third-order valence-corrected chi connectivity index (χ3v) is 4.78. The Morgan fingerprint density at radius 1 is 1.07 bits per heavy atom. The maximum atomic E-state index is 13.9. The fraction of sp³-hybridized carbons (Fsp3) is 0.250. The van der Waals surface area contributed by atoms with Crippen molar-refractivity contribution >= 4 is 5.91 Å². The number of halogens is 3. The molecule has 28 heavy (non-hydrogen) atoms. The van der Waals surface area contributed by atoms with E-state index in [0.717, 1.165) is 18.6 Å². The highest BCUT2D eigenvalue weighted by molar-refractivity contribution is 5.94. The average Bonchev–Trinajstić information content (AvgIpc) is 3.20. The maximum Gasteiger partial charge on any atom is 0.253 e. The van der Waals surface area contributed by atoms with Gasteiger partial charge in [-0.15, -0.1) is 0 Å². The van der Waals surface area contributed by atoms with Crippen LogP contribution in [0.4, 0.5) is 13.2 Å². The molecule has 2 aromatic carbocycles. The number of carbonyl (C=O) groups is 1. The highest BCUT2D eigenvalue weighted by atomic mass is 19.2. The predicted octanol–water partition coefficient (Wildman–Crippen LogP) is 4.17. The van der Waals surface area contributed by atoms with E-state index in [-0.39, 0.29) is 22.9 Å². The van der Waals surface area contributed by atoms with Crippen molar-refractivity contribution in [1.82, 2.24) is 15.0 Å². The van der Waals surface area contributed by atoms with E-state index in [0.29, 0.717) is 25.4 Å². The van der Waals surface area contributed by atoms with Gasteiger partial charge >= 0.3 is 0 Å². The largest absolute Gasteiger partial charge is 0.339 e. The zero-order valence-electron chi connectivity index (χ0n) is 14.7. The number of hydrogen-bond acceptors (Lipinski definition) is 4. The first kappa shape index (κ1) is 18.2. The van der Waals surface area contributed by atoms with Crippen LogP contribution in [0.15, 0.2) is 47.0 Å². The Bertz CT molecular complexity index is 1020. The van der Waals surface area contributed by atoms with Crippen LogP contribution < -0.4 is 0 Å². The lowest BCUT2D eigenvalue weighted by molar-refractivity contribution is 0.0695. The summed E-state index contributed by atoms with van der Waals surface area (Å²) in [5.74, 6) is -2.65. The van der Waals surface area contributed by atoms with Gasteiger partial charge in [0.25, 0.3) is 5.91 Å². The molecule has 1 atom stereocenters. The number of amides is 1. The van der Waals surface area contributed by atoms with Gasteiger partial charge in [-0.25, -0.2) is 13.2 Å². The highest BCUT2D eigenvalue weighted by Gasteiger charge is 2.29. The number of piperidine rings is 1. The molecule has 8 heteroatoms. The quantitative estimate of drug-likeness (QED) is 0.677. The van der Waals surface area contributed by atoms with E-state index in [1.807, 2.05) is 0 Å². The predicted molar refractivity (Wildman–Crippen MR) is 93.9 cm³/mol. The lowest BCUT2D eigenvalue weighted by Gasteiger charge is -2.31. The summed E-state index contributed by atoms with van der Waals surface area (Å²) in [6, 6.07) is 9.21. The van der Waals surface area contributed by atoms with Crippen molar-refractivity contribution < 1.29 is 22.5 Å². The van der Waals surface area contributed by atoms with Crippen LogP contribution in [0.1, 0.15) is 35.0 Å². The number of benzene rings is 2. The molecule has 1 unspecified atom stereocenters. The van der Waals surface area contributed by atoms with E-state index in [1.165, 1.54) is 12.1 Å². The molecule has 0 radical (unpaired) electrons. The molecule has 0 saturated carbocycles. The fourth-order valence-electron chi connectivity index (χ4n) is 3.33. The standard InChI is InChI=1S/C20H16F3N3O2/c21-15-6-2-1-5-14(15)18-24-19(28-25-18)13-4-3-9-26(11-13)20(27)12-7-8-16(22)17(23)10-12/h1-2,5-8,10,13H,3-4,9,11H2. The summed E-state index contributed by atoms with van der Waals surface area (Å²) in [6.07, 6.45) is 1.41. The molecule has 4 rings (SSSR count). The number of aromatic nitrogens is 2. The van der Waals surface area contributed by atoms with E-state index in [2.05, 4.69) is 10.1 Å². The van der Waals surface area contributed by atoms with Crippen LogP contribution in [0.2, 0.25) is 0 Å². The topological polar surface area (TPSA) is 59.2 Å². The van der Waals surface area contributed by atoms with Gasteiger partial charge in [-0.3, -0.25) is 4.79 Å². The first-order valence-corrected chi connectivity index (χ1v) is 8.86. The van der Waals surface area contributed by atoms with Crippen LogP contribution in [0.25, 0.3) is 11.4 Å². The van der Waals surface area contributed by atoms with Gasteiger partial charge in [0.15, 0.2) is 11.6 Å². The van der Waals surface area contributed by atoms with Gasteiger partial charge in [-0.1, -0.05) is 17.3 Å². The second-order valence-electron chi connectivity index (χ2n) is 6.66. The molecule has 1 aliphatic heterocycles. The minimum Gasteiger partial charge on any atom is -0.339 e. The summed E-state index contributed by atoms with van der Waals surface area (Å²) in [7, 11) is 0. The third kappa shape index (κ3) is 3.49. The monoisotopic (exact) mass is 387 g/mol. The molecule has 144 valence electrons. The van der Waals surface area contributed by atoms with Crippen LogP contribution in [-0.2, 0) is 0 Å². The zero-order valence-corrected chi connectivity index (χ0v) is 14.7. The first-order chi connectivity index (χ1) is 13.5. The molecule has 3 aromatic rings. The molecule has 1 saturated heterocycles. The minimum atomic E-state index is -1.06. The Morgan fingerprint density at radius 3 is 2.68 bits per heavy atom. The number of hydrogen-bond donors (Lipinski definition) is 0. The summed E-state index contributed by atoms with van der Waals surface area (Å²) in [4.78, 5) is 18.5. The third-order valence-electron chi connectivity index (χ3n) is 4.78. The summed E-state index contributed by atoms with van der Waals surface area (Å²) in [6.45, 7) is 0.791. The Hall–Kier alpha value is -3.16. The van der Waals surface area contributed by atoms with E-state index >= 15 is 0 Å². The molecule has 1 fully saturated rings. The Labute approximate surface area is 158 Å². The van der Waals surface area contributed by atoms with Gasteiger partial charge in [0.1, 0.15) is 5.82 Å². The lowest BCUT2D eigenvalue weighted by atomic mass is 9.97. The van der Waals surface area contributed by atoms with E-state index in [4.69, 9.17) is 4.52 Å². The Kier molecular flexibility index (Phi) is 4.85. The van der Waals surface area contributed by atoms with E-state index in [9.17, 15) is 18.0 Å². The van der Waals surface area contributed by atoms with Crippen molar-refractivity contribution in [3.8, 4) is 11.4 Å². The van der Waals surface area contributed by atoms with Gasteiger partial charge in [0.2, 0.25) is 11.7 Å². The van der Waals surface area contributed by atoms with Crippen molar-refractivity contribution in [2.75, 3.05) is 13.1 Å². The van der Waals surface area contributed by atoms with Crippen LogP contribution in [0.3, 0.4) is 0 Å². The molecule has 0 spiro atoms. The summed E-state index contributed by atoms with van der Waals surface area (Å²) in [5.41, 5.74) is 0.320. The van der Waals surface area contributed by atoms with Crippen molar-refractivity contribution in [2.24, 2.45) is 0 Å². The molecule has 1 amide bonds. The summed E-state index contributed by atoms with van der Waals surface area (Å²) >= 11 is 0. The number of nitrogens with zero attached hydrogens (tertiary/aromatic N) is 3. The molecule has 5 nitrogen and oxygen atoms in total. The highest BCUT2D eigenvalue weighted by Crippen LogP contribution is 2.29. The second kappa shape index (κ2) is 7.46. The molecular formula is C20H16F3N3O2. The normalized spacial score (nSPS) is 17.0. The number of carbonyl (C=O) groups excluding carboxylic acids is 1. The van der Waals surface area contributed by atoms with E-state index < -0.39 is 23.4 Å². The van der Waals surface area contributed by atoms with Gasteiger partial charge in [0.05, 0.1) is 11.5 Å². The summed E-state index contributed by atoms with van der Waals surface area (Å²) < 4.78 is 45.8. The smallest absolute Gasteiger partial charge is 0.253 e. The number of likely N-dealkylation sites (tertiary alicyclic amines) is 1. The van der Waals surface area contributed by atoms with Crippen molar-refractivity contribution in [3.05, 3.63) is 71.4 Å². The van der Waals surface area contributed by atoms with E-state index in [1.54, 1.807) is 23.1 Å².